The summed E-state index contributed by atoms with van der Waals surface area (Å²) in [5.41, 5.74) is 3.93. The third-order valence-corrected chi connectivity index (χ3v) is 9.73. The van der Waals surface area contributed by atoms with Gasteiger partial charge < -0.3 is 25.4 Å². The van der Waals surface area contributed by atoms with Crippen molar-refractivity contribution in [1.29, 1.82) is 0 Å². The highest BCUT2D eigenvalue weighted by molar-refractivity contribution is 7.87. The van der Waals surface area contributed by atoms with E-state index in [-0.39, 0.29) is 42.4 Å². The number of benzene rings is 2. The van der Waals surface area contributed by atoms with Crippen LogP contribution < -0.4 is 30.1 Å². The monoisotopic (exact) mass is 701 g/mol. The van der Waals surface area contributed by atoms with Crippen molar-refractivity contribution in [2.75, 3.05) is 76.8 Å². The van der Waals surface area contributed by atoms with Crippen LogP contribution in [0.5, 0.6) is 5.75 Å². The van der Waals surface area contributed by atoms with Crippen molar-refractivity contribution in [1.82, 2.24) is 29.8 Å². The zero-order chi connectivity index (χ0) is 34.3. The number of aromatic nitrogens is 2. The molecule has 1 atom stereocenters. The number of aliphatic hydroxyl groups is 1. The largest absolute Gasteiger partial charge is 0.494 e. The number of para-hydroxylation sites is 1. The topological polar surface area (TPSA) is 178 Å². The fourth-order valence-corrected chi connectivity index (χ4v) is 7.11. The van der Waals surface area contributed by atoms with Gasteiger partial charge in [0, 0.05) is 58.9 Å². The lowest BCUT2D eigenvalue weighted by atomic mass is 9.98. The second kappa shape index (κ2) is 16.2. The summed E-state index contributed by atoms with van der Waals surface area (Å²) >= 11 is 6.65. The zero-order valence-corrected chi connectivity index (χ0v) is 28.9. The Morgan fingerprint density at radius 3 is 2.67 bits per heavy atom. The average Bonchev–Trinajstić information content (AvgIpc) is 3.30. The van der Waals surface area contributed by atoms with Gasteiger partial charge in [-0.3, -0.25) is 14.6 Å². The molecule has 14 nitrogen and oxygen atoms in total. The van der Waals surface area contributed by atoms with Crippen molar-refractivity contribution < 1.29 is 23.1 Å². The number of halogens is 1. The summed E-state index contributed by atoms with van der Waals surface area (Å²) in [7, 11) is -0.779. The van der Waals surface area contributed by atoms with Crippen LogP contribution >= 0.6 is 11.6 Å². The predicted molar refractivity (Wildman–Crippen MR) is 187 cm³/mol. The lowest BCUT2D eigenvalue weighted by molar-refractivity contribution is 0.0805. The number of ether oxygens (including phenoxy) is 1. The Bertz CT molecular complexity index is 1690. The SMILES string of the molecule is CNC(=O)c1ccccc1N(CCNS(N)(=O)=O)c1nc(Nc2ccc3c(c2OC)CCC[C@H](N2CCN(CCO)CC2)C3)ncc1Cl. The maximum Gasteiger partial charge on any atom is 0.274 e. The van der Waals surface area contributed by atoms with Gasteiger partial charge in [0.2, 0.25) is 5.95 Å². The van der Waals surface area contributed by atoms with Crippen molar-refractivity contribution >= 4 is 50.9 Å². The van der Waals surface area contributed by atoms with Gasteiger partial charge in [-0.1, -0.05) is 29.8 Å². The zero-order valence-electron chi connectivity index (χ0n) is 27.3. The number of nitrogens with one attached hydrogen (secondary N) is 3. The summed E-state index contributed by atoms with van der Waals surface area (Å²) in [6, 6.07) is 11.4. The lowest BCUT2D eigenvalue weighted by Gasteiger charge is -2.39. The first-order valence-electron chi connectivity index (χ1n) is 16.0. The van der Waals surface area contributed by atoms with Crippen molar-refractivity contribution in [3.05, 3.63) is 64.3 Å². The van der Waals surface area contributed by atoms with Gasteiger partial charge in [0.25, 0.3) is 16.1 Å². The second-order valence-electron chi connectivity index (χ2n) is 11.8. The van der Waals surface area contributed by atoms with Crippen LogP contribution in [0.4, 0.5) is 23.1 Å². The van der Waals surface area contributed by atoms with E-state index in [1.165, 1.54) is 18.8 Å². The van der Waals surface area contributed by atoms with E-state index in [1.54, 1.807) is 36.3 Å². The molecule has 260 valence electrons. The molecule has 1 aliphatic heterocycles. The van der Waals surface area contributed by atoms with E-state index in [9.17, 15) is 18.3 Å². The van der Waals surface area contributed by atoms with E-state index in [0.717, 1.165) is 69.7 Å². The first-order valence-corrected chi connectivity index (χ1v) is 18.0. The molecule has 1 aromatic heterocycles. The Labute approximate surface area is 286 Å². The maximum absolute atomic E-state index is 12.8. The van der Waals surface area contributed by atoms with Gasteiger partial charge in [-0.05, 0) is 55.0 Å². The molecule has 0 saturated carbocycles. The number of carbonyl (C=O) groups is 1. The van der Waals surface area contributed by atoms with Gasteiger partial charge in [0.05, 0.1) is 36.9 Å². The fourth-order valence-electron chi connectivity index (χ4n) is 6.55. The Morgan fingerprint density at radius 1 is 1.19 bits per heavy atom. The van der Waals surface area contributed by atoms with Crippen LogP contribution in [0, 0.1) is 0 Å². The van der Waals surface area contributed by atoms with E-state index >= 15 is 0 Å². The highest BCUT2D eigenvalue weighted by atomic mass is 35.5. The number of hydrogen-bond donors (Lipinski definition) is 5. The van der Waals surface area contributed by atoms with Gasteiger partial charge in [0.1, 0.15) is 10.8 Å². The third kappa shape index (κ3) is 8.71. The van der Waals surface area contributed by atoms with Crippen molar-refractivity contribution in [3.8, 4) is 5.75 Å². The Morgan fingerprint density at radius 2 is 1.96 bits per heavy atom. The number of methoxy groups -OCH3 is 1. The average molecular weight is 702 g/mol. The van der Waals surface area contributed by atoms with Crippen LogP contribution in [0.1, 0.15) is 34.3 Å². The van der Waals surface area contributed by atoms with E-state index in [1.807, 2.05) is 6.07 Å². The van der Waals surface area contributed by atoms with Gasteiger partial charge in [-0.2, -0.15) is 13.4 Å². The van der Waals surface area contributed by atoms with Crippen molar-refractivity contribution in [2.45, 2.75) is 31.7 Å². The highest BCUT2D eigenvalue weighted by Crippen LogP contribution is 2.38. The molecule has 1 amide bonds. The molecule has 0 bridgehead atoms. The maximum atomic E-state index is 12.8. The van der Waals surface area contributed by atoms with Crippen LogP contribution in [0.25, 0.3) is 0 Å². The summed E-state index contributed by atoms with van der Waals surface area (Å²) in [5, 5.41) is 20.6. The molecule has 2 heterocycles. The van der Waals surface area contributed by atoms with E-state index in [0.29, 0.717) is 23.0 Å². The molecule has 6 N–H and O–H groups in total. The summed E-state index contributed by atoms with van der Waals surface area (Å²) in [6.45, 7) is 4.82. The second-order valence-corrected chi connectivity index (χ2v) is 13.6. The Balaban J connectivity index is 1.42. The quantitative estimate of drug-likeness (QED) is 0.165. The number of anilines is 4. The van der Waals surface area contributed by atoms with Gasteiger partial charge >= 0.3 is 0 Å². The fraction of sp³-hybridized carbons (Fsp3) is 0.469. The number of β-amino-alcohol motifs (C(OH)–C–C–N with tert-alkyl or cyclic N) is 1. The van der Waals surface area contributed by atoms with Crippen LogP contribution in [-0.4, -0.2) is 112 Å². The van der Waals surface area contributed by atoms with Crippen molar-refractivity contribution in [3.63, 3.8) is 0 Å². The van der Waals surface area contributed by atoms with E-state index in [2.05, 4.69) is 36.2 Å². The summed E-state index contributed by atoms with van der Waals surface area (Å²) < 4.78 is 31.6. The molecule has 0 spiro atoms. The number of piperazine rings is 1. The number of nitrogens with two attached hydrogens (primary N) is 1. The van der Waals surface area contributed by atoms with Gasteiger partial charge in [-0.15, -0.1) is 0 Å². The van der Waals surface area contributed by atoms with E-state index < -0.39 is 10.2 Å². The third-order valence-electron chi connectivity index (χ3n) is 8.85. The molecule has 1 saturated heterocycles. The normalized spacial score (nSPS) is 17.3. The predicted octanol–water partition coefficient (Wildman–Crippen LogP) is 2.03. The van der Waals surface area contributed by atoms with Crippen LogP contribution in [-0.2, 0) is 23.1 Å². The summed E-state index contributed by atoms with van der Waals surface area (Å²) in [4.78, 5) is 28.5. The summed E-state index contributed by atoms with van der Waals surface area (Å²) in [6.07, 6.45) is 5.39. The number of nitrogens with zero attached hydrogens (tertiary/aromatic N) is 5. The number of carbonyl (C=O) groups excluding carboxylic acids is 1. The number of aliphatic hydroxyl groups excluding tert-OH is 1. The van der Waals surface area contributed by atoms with Gasteiger partial charge in [-0.25, -0.2) is 14.8 Å². The van der Waals surface area contributed by atoms with Gasteiger partial charge in [0.15, 0.2) is 5.82 Å². The molecule has 1 aliphatic carbocycles. The van der Waals surface area contributed by atoms with Crippen LogP contribution in [0.3, 0.4) is 0 Å². The first-order chi connectivity index (χ1) is 23.1. The Kier molecular flexibility index (Phi) is 12.1. The minimum absolute atomic E-state index is 0.0560. The lowest BCUT2D eigenvalue weighted by Crippen LogP contribution is -2.51. The molecule has 5 rings (SSSR count). The molecule has 16 heteroatoms. The molecule has 0 unspecified atom stereocenters. The molecule has 1 fully saturated rings. The molecular formula is C32H44ClN9O5S. The van der Waals surface area contributed by atoms with E-state index in [4.69, 9.17) is 26.5 Å². The number of amides is 1. The minimum Gasteiger partial charge on any atom is -0.494 e. The molecule has 2 aliphatic rings. The minimum atomic E-state index is -3.97. The van der Waals surface area contributed by atoms with Crippen LogP contribution in [0.2, 0.25) is 5.02 Å². The van der Waals surface area contributed by atoms with Crippen LogP contribution in [0.15, 0.2) is 42.6 Å². The standard InChI is InChI=1S/C32H44ClN9O5S/c1-35-31(44)25-7-3-4-9-28(25)42(13-12-37-48(34,45)46)30-26(33)21-36-32(39-30)38-27-11-10-22-20-23(6-5-8-24(22)29(27)47-2)41-16-14-40(15-17-41)18-19-43/h3-4,7,9-11,21,23,37,43H,5-6,8,12-20H2,1-2H3,(H,35,44)(H2,34,45,46)(H,36,38,39)/t23-/m0/s1. The molecule has 0 radical (unpaired) electrons. The van der Waals surface area contributed by atoms with Crippen molar-refractivity contribution in [2.24, 2.45) is 5.14 Å². The molecule has 3 aromatic rings. The number of rotatable bonds is 13. The highest BCUT2D eigenvalue weighted by Gasteiger charge is 2.28. The number of fused-ring (bicyclic) bond motifs is 1. The number of hydrogen-bond acceptors (Lipinski definition) is 11. The summed E-state index contributed by atoms with van der Waals surface area (Å²) in [5.74, 6) is 0.902. The molecular weight excluding hydrogens is 658 g/mol. The first kappa shape index (κ1) is 35.7. The smallest absolute Gasteiger partial charge is 0.274 e. The molecule has 2 aromatic carbocycles. The molecule has 48 heavy (non-hydrogen) atoms. The Hall–Kier alpha value is -3.57.